The van der Waals surface area contributed by atoms with Crippen molar-refractivity contribution in [3.8, 4) is 55.9 Å². The molecule has 0 saturated heterocycles. The lowest BCUT2D eigenvalue weighted by atomic mass is 9.94. The molecule has 0 fully saturated rings. The predicted octanol–water partition coefficient (Wildman–Crippen LogP) is 15.2. The first-order valence-corrected chi connectivity index (χ1v) is 20.1. The summed E-state index contributed by atoms with van der Waals surface area (Å²) in [6, 6.07) is 76.2. The fourth-order valence-corrected chi connectivity index (χ4v) is 10.1. The Bertz CT molecular complexity index is 3650. The molecule has 58 heavy (non-hydrogen) atoms. The molecule has 0 radical (unpaired) electrons. The van der Waals surface area contributed by atoms with Crippen molar-refractivity contribution in [1.82, 2.24) is 9.13 Å². The van der Waals surface area contributed by atoms with Gasteiger partial charge in [-0.25, -0.2) is 0 Å². The molecule has 0 spiro atoms. The zero-order valence-corrected chi connectivity index (χ0v) is 31.5. The highest BCUT2D eigenvalue weighted by Gasteiger charge is 2.23. The normalized spacial score (nSPS) is 12.1. The summed E-state index contributed by atoms with van der Waals surface area (Å²) in [7, 11) is 0. The molecule has 1 aliphatic rings. The summed E-state index contributed by atoms with van der Waals surface area (Å²) in [5.41, 5.74) is 17.4. The Morgan fingerprint density at radius 2 is 0.879 bits per heavy atom. The van der Waals surface area contributed by atoms with Gasteiger partial charge in [-0.1, -0.05) is 158 Å². The van der Waals surface area contributed by atoms with Gasteiger partial charge >= 0.3 is 0 Å². The van der Waals surface area contributed by atoms with Crippen molar-refractivity contribution in [3.05, 3.63) is 206 Å². The molecule has 268 valence electrons. The van der Waals surface area contributed by atoms with Crippen LogP contribution in [0.25, 0.3) is 121 Å². The van der Waals surface area contributed by atoms with Crippen molar-refractivity contribution < 1.29 is 0 Å². The summed E-state index contributed by atoms with van der Waals surface area (Å²) in [5, 5.41) is 10.2. The zero-order chi connectivity index (χ0) is 37.9. The fraction of sp³-hybridized carbons (Fsp3) is 0. The average Bonchev–Trinajstić information content (AvgIpc) is 3.93. The molecule has 1 aliphatic carbocycles. The van der Waals surface area contributed by atoms with Crippen LogP contribution in [0.3, 0.4) is 0 Å². The second-order valence-electron chi connectivity index (χ2n) is 15.7. The van der Waals surface area contributed by atoms with Gasteiger partial charge in [0.25, 0.3) is 0 Å². The third kappa shape index (κ3) is 4.37. The van der Waals surface area contributed by atoms with Gasteiger partial charge < -0.3 is 9.13 Å². The van der Waals surface area contributed by atoms with Crippen molar-refractivity contribution in [2.45, 2.75) is 0 Å². The SMILES string of the molecule is c1ccc(-n2c3cc(-c4ccc5c(c4)c4ccccc4n5-c4cccc(-c5ccc6c7c(cccc57)-c5ccccc5-6)c4)ccc3c3ccc4ccccc4c32)cc1. The standard InChI is InChI=1S/C56H34N2/c1-2-14-39(15-3-1)58-54-34-37(25-27-46(54)50-28-24-35-12-4-5-17-42(35)56(50)58)36-26-31-53-51(33-36)45-20-8-9-23-52(45)57(53)40-16-10-13-38(32-40)41-29-30-49-44-19-7-6-18-43(44)48-22-11-21-47(41)55(48)49/h1-34H. The van der Waals surface area contributed by atoms with Crippen LogP contribution in [0.2, 0.25) is 0 Å². The van der Waals surface area contributed by atoms with Crippen LogP contribution in [-0.4, -0.2) is 9.13 Å². The van der Waals surface area contributed by atoms with E-state index in [1.165, 1.54) is 115 Å². The first kappa shape index (κ1) is 31.5. The van der Waals surface area contributed by atoms with Crippen molar-refractivity contribution in [3.63, 3.8) is 0 Å². The lowest BCUT2D eigenvalue weighted by Crippen LogP contribution is -1.95. The molecule has 0 bridgehead atoms. The molecular weight excluding hydrogens is 701 g/mol. The number of para-hydroxylation sites is 2. The van der Waals surface area contributed by atoms with Crippen molar-refractivity contribution in [1.29, 1.82) is 0 Å². The Labute approximate surface area is 335 Å². The monoisotopic (exact) mass is 734 g/mol. The van der Waals surface area contributed by atoms with E-state index in [1.807, 2.05) is 0 Å². The Kier molecular flexibility index (Phi) is 6.47. The van der Waals surface area contributed by atoms with Gasteiger partial charge in [0, 0.05) is 38.3 Å². The first-order chi connectivity index (χ1) is 28.8. The highest BCUT2D eigenvalue weighted by atomic mass is 15.0. The van der Waals surface area contributed by atoms with Gasteiger partial charge in [-0.05, 0) is 109 Å². The van der Waals surface area contributed by atoms with Crippen LogP contribution in [-0.2, 0) is 0 Å². The smallest absolute Gasteiger partial charge is 0.0619 e. The van der Waals surface area contributed by atoms with Gasteiger partial charge in [0.05, 0.1) is 22.1 Å². The number of hydrogen-bond acceptors (Lipinski definition) is 0. The van der Waals surface area contributed by atoms with E-state index in [2.05, 4.69) is 215 Å². The molecule has 10 aromatic carbocycles. The maximum Gasteiger partial charge on any atom is 0.0619 e. The zero-order valence-electron chi connectivity index (χ0n) is 31.5. The molecular formula is C56H34N2. The molecule has 0 aliphatic heterocycles. The van der Waals surface area contributed by atoms with Gasteiger partial charge in [-0.3, -0.25) is 0 Å². The number of benzene rings is 10. The van der Waals surface area contributed by atoms with Crippen molar-refractivity contribution in [2.24, 2.45) is 0 Å². The number of rotatable bonds is 4. The van der Waals surface area contributed by atoms with Crippen LogP contribution in [0.15, 0.2) is 206 Å². The van der Waals surface area contributed by atoms with Crippen LogP contribution in [0.5, 0.6) is 0 Å². The number of hydrogen-bond donors (Lipinski definition) is 0. The third-order valence-electron chi connectivity index (χ3n) is 12.6. The number of fused-ring (bicyclic) bond motifs is 11. The lowest BCUT2D eigenvalue weighted by Gasteiger charge is -2.13. The predicted molar refractivity (Wildman–Crippen MR) is 245 cm³/mol. The van der Waals surface area contributed by atoms with Gasteiger partial charge in [0.15, 0.2) is 0 Å². The van der Waals surface area contributed by atoms with Crippen LogP contribution in [0.4, 0.5) is 0 Å². The highest BCUT2D eigenvalue weighted by molar-refractivity contribution is 6.20. The molecule has 13 rings (SSSR count). The van der Waals surface area contributed by atoms with Gasteiger partial charge in [-0.2, -0.15) is 0 Å². The molecule has 2 heterocycles. The van der Waals surface area contributed by atoms with Crippen LogP contribution in [0.1, 0.15) is 0 Å². The summed E-state index contributed by atoms with van der Waals surface area (Å²) in [5.74, 6) is 0. The maximum atomic E-state index is 2.45. The molecule has 2 nitrogen and oxygen atoms in total. The molecule has 2 aromatic heterocycles. The maximum absolute atomic E-state index is 2.45. The Morgan fingerprint density at radius 3 is 1.78 bits per heavy atom. The minimum absolute atomic E-state index is 1.16. The van der Waals surface area contributed by atoms with E-state index in [0.717, 1.165) is 5.69 Å². The summed E-state index contributed by atoms with van der Waals surface area (Å²) < 4.78 is 4.89. The summed E-state index contributed by atoms with van der Waals surface area (Å²) in [6.45, 7) is 0. The molecule has 0 amide bonds. The first-order valence-electron chi connectivity index (χ1n) is 20.1. The minimum Gasteiger partial charge on any atom is -0.309 e. The second kappa shape index (κ2) is 11.9. The van der Waals surface area contributed by atoms with Crippen molar-refractivity contribution >= 4 is 65.2 Å². The van der Waals surface area contributed by atoms with E-state index in [4.69, 9.17) is 0 Å². The van der Waals surface area contributed by atoms with E-state index in [-0.39, 0.29) is 0 Å². The molecule has 0 atom stereocenters. The topological polar surface area (TPSA) is 9.86 Å². The second-order valence-corrected chi connectivity index (χ2v) is 15.7. The molecule has 0 N–H and O–H groups in total. The van der Waals surface area contributed by atoms with E-state index >= 15 is 0 Å². The van der Waals surface area contributed by atoms with E-state index < -0.39 is 0 Å². The van der Waals surface area contributed by atoms with Gasteiger partial charge in [-0.15, -0.1) is 0 Å². The minimum atomic E-state index is 1.16. The van der Waals surface area contributed by atoms with E-state index in [0.29, 0.717) is 0 Å². The molecule has 2 heteroatoms. The summed E-state index contributed by atoms with van der Waals surface area (Å²) >= 11 is 0. The average molecular weight is 735 g/mol. The fourth-order valence-electron chi connectivity index (χ4n) is 10.1. The molecule has 12 aromatic rings. The van der Waals surface area contributed by atoms with E-state index in [1.54, 1.807) is 0 Å². The number of aromatic nitrogens is 2. The molecule has 0 saturated carbocycles. The Hall–Kier alpha value is -7.68. The largest absolute Gasteiger partial charge is 0.309 e. The lowest BCUT2D eigenvalue weighted by molar-refractivity contribution is 1.18. The number of nitrogens with zero attached hydrogens (tertiary/aromatic N) is 2. The summed E-state index contributed by atoms with van der Waals surface area (Å²) in [6.07, 6.45) is 0. The molecule has 0 unspecified atom stereocenters. The Morgan fingerprint density at radius 1 is 0.259 bits per heavy atom. The van der Waals surface area contributed by atoms with Gasteiger partial charge in [0.2, 0.25) is 0 Å². The van der Waals surface area contributed by atoms with Crippen LogP contribution in [0, 0.1) is 0 Å². The van der Waals surface area contributed by atoms with Crippen molar-refractivity contribution in [2.75, 3.05) is 0 Å². The van der Waals surface area contributed by atoms with Crippen LogP contribution >= 0.6 is 0 Å². The summed E-state index contributed by atoms with van der Waals surface area (Å²) in [4.78, 5) is 0. The third-order valence-corrected chi connectivity index (χ3v) is 12.6. The van der Waals surface area contributed by atoms with Gasteiger partial charge in [0.1, 0.15) is 0 Å². The highest BCUT2D eigenvalue weighted by Crippen LogP contribution is 2.49. The van der Waals surface area contributed by atoms with Crippen LogP contribution < -0.4 is 0 Å². The Balaban J connectivity index is 0.979. The quantitative estimate of drug-likeness (QED) is 0.170. The van der Waals surface area contributed by atoms with E-state index in [9.17, 15) is 0 Å².